The summed E-state index contributed by atoms with van der Waals surface area (Å²) in [6, 6.07) is 16.8. The second-order valence-corrected chi connectivity index (χ2v) is 5.30. The van der Waals surface area contributed by atoms with Crippen LogP contribution in [0, 0.1) is 0 Å². The van der Waals surface area contributed by atoms with E-state index in [4.69, 9.17) is 4.74 Å². The Kier molecular flexibility index (Phi) is 4.39. The van der Waals surface area contributed by atoms with Crippen molar-refractivity contribution in [3.05, 3.63) is 60.3 Å². The molecule has 4 nitrogen and oxygen atoms in total. The highest BCUT2D eigenvalue weighted by molar-refractivity contribution is 5.85. The number of methoxy groups -OCH3 is 1. The van der Waals surface area contributed by atoms with Crippen LogP contribution in [-0.2, 0) is 0 Å². The molecule has 0 aliphatic carbocycles. The van der Waals surface area contributed by atoms with Crippen LogP contribution >= 0.6 is 0 Å². The first-order chi connectivity index (χ1) is 10.8. The van der Waals surface area contributed by atoms with Gasteiger partial charge >= 0.3 is 0 Å². The quantitative estimate of drug-likeness (QED) is 0.759. The predicted octanol–water partition coefficient (Wildman–Crippen LogP) is 3.24. The van der Waals surface area contributed by atoms with Gasteiger partial charge in [-0.05, 0) is 37.7 Å². The van der Waals surface area contributed by atoms with E-state index in [2.05, 4.69) is 45.4 Å². The Hall–Kier alpha value is -2.33. The molecule has 114 valence electrons. The maximum Gasteiger partial charge on any atom is 0.129 e. The second-order valence-electron chi connectivity index (χ2n) is 5.30. The van der Waals surface area contributed by atoms with Crippen molar-refractivity contribution in [3.8, 4) is 5.75 Å². The van der Waals surface area contributed by atoms with Crippen LogP contribution in [0.25, 0.3) is 10.9 Å². The zero-order valence-corrected chi connectivity index (χ0v) is 13.0. The summed E-state index contributed by atoms with van der Waals surface area (Å²) in [4.78, 5) is 0. The molecular formula is C18H21N3O. The fraction of sp³-hybridized carbons (Fsp3) is 0.278. The van der Waals surface area contributed by atoms with Crippen LogP contribution in [0.3, 0.4) is 0 Å². The highest BCUT2D eigenvalue weighted by atomic mass is 16.5. The Morgan fingerprint density at radius 3 is 2.68 bits per heavy atom. The van der Waals surface area contributed by atoms with E-state index in [-0.39, 0.29) is 6.04 Å². The van der Waals surface area contributed by atoms with Crippen LogP contribution in [0.2, 0.25) is 0 Å². The Bertz CT molecular complexity index is 736. The maximum absolute atomic E-state index is 5.44. The lowest BCUT2D eigenvalue weighted by molar-refractivity contribution is 0.419. The molecule has 0 saturated carbocycles. The van der Waals surface area contributed by atoms with Crippen LogP contribution in [0.15, 0.2) is 54.7 Å². The van der Waals surface area contributed by atoms with Crippen LogP contribution in [-0.4, -0.2) is 30.5 Å². The molecule has 1 N–H and O–H groups in total. The minimum Gasteiger partial charge on any atom is -0.496 e. The zero-order valence-electron chi connectivity index (χ0n) is 13.0. The summed E-state index contributed by atoms with van der Waals surface area (Å²) in [6.07, 6.45) is 2.87. The lowest BCUT2D eigenvalue weighted by Crippen LogP contribution is -2.18. The van der Waals surface area contributed by atoms with Gasteiger partial charge in [0.05, 0.1) is 30.3 Å². The van der Waals surface area contributed by atoms with Gasteiger partial charge in [0.15, 0.2) is 0 Å². The molecular weight excluding hydrogens is 274 g/mol. The first kappa shape index (κ1) is 14.6. The topological polar surface area (TPSA) is 39.1 Å². The molecule has 4 heteroatoms. The van der Waals surface area contributed by atoms with E-state index in [0.29, 0.717) is 0 Å². The number of rotatable bonds is 6. The Labute approximate surface area is 130 Å². The van der Waals surface area contributed by atoms with Crippen molar-refractivity contribution in [2.75, 3.05) is 20.7 Å². The minimum atomic E-state index is 0.207. The number of aromatic nitrogens is 2. The third-order valence-corrected chi connectivity index (χ3v) is 3.97. The maximum atomic E-state index is 5.44. The SMILES string of the molecule is CNCCC(c1ccccc1)n1ncc2c(OC)cccc21. The third kappa shape index (κ3) is 2.70. The Morgan fingerprint density at radius 1 is 1.14 bits per heavy atom. The van der Waals surface area contributed by atoms with Gasteiger partial charge in [-0.2, -0.15) is 5.10 Å². The molecule has 0 fully saturated rings. The highest BCUT2D eigenvalue weighted by Crippen LogP contribution is 2.30. The largest absolute Gasteiger partial charge is 0.496 e. The van der Waals surface area contributed by atoms with Crippen molar-refractivity contribution >= 4 is 10.9 Å². The number of nitrogens with one attached hydrogen (secondary N) is 1. The van der Waals surface area contributed by atoms with Gasteiger partial charge < -0.3 is 10.1 Å². The summed E-state index contributed by atoms with van der Waals surface area (Å²) in [6.45, 7) is 0.935. The molecule has 3 aromatic rings. The molecule has 0 spiro atoms. The number of hydrogen-bond donors (Lipinski definition) is 1. The lowest BCUT2D eigenvalue weighted by Gasteiger charge is -2.19. The van der Waals surface area contributed by atoms with Gasteiger partial charge in [-0.1, -0.05) is 36.4 Å². The van der Waals surface area contributed by atoms with Crippen LogP contribution < -0.4 is 10.1 Å². The smallest absolute Gasteiger partial charge is 0.129 e. The minimum absolute atomic E-state index is 0.207. The van der Waals surface area contributed by atoms with Gasteiger partial charge in [-0.15, -0.1) is 0 Å². The van der Waals surface area contributed by atoms with E-state index in [1.54, 1.807) is 7.11 Å². The first-order valence-electron chi connectivity index (χ1n) is 7.55. The van der Waals surface area contributed by atoms with Crippen molar-refractivity contribution in [1.29, 1.82) is 0 Å². The van der Waals surface area contributed by atoms with E-state index >= 15 is 0 Å². The summed E-state index contributed by atoms with van der Waals surface area (Å²) in [5.74, 6) is 0.865. The number of nitrogens with zero attached hydrogens (tertiary/aromatic N) is 2. The molecule has 0 amide bonds. The number of fused-ring (bicyclic) bond motifs is 1. The first-order valence-corrected chi connectivity index (χ1v) is 7.55. The molecule has 0 bridgehead atoms. The number of hydrogen-bond acceptors (Lipinski definition) is 3. The normalized spacial score (nSPS) is 12.5. The molecule has 0 saturated heterocycles. The second kappa shape index (κ2) is 6.62. The van der Waals surface area contributed by atoms with E-state index in [9.17, 15) is 0 Å². The molecule has 1 heterocycles. The Balaban J connectivity index is 2.08. The van der Waals surface area contributed by atoms with Crippen molar-refractivity contribution in [1.82, 2.24) is 15.1 Å². The van der Waals surface area contributed by atoms with Crippen LogP contribution in [0.4, 0.5) is 0 Å². The number of ether oxygens (including phenoxy) is 1. The molecule has 1 atom stereocenters. The fourth-order valence-electron chi connectivity index (χ4n) is 2.86. The van der Waals surface area contributed by atoms with Gasteiger partial charge in [-0.3, -0.25) is 4.68 Å². The van der Waals surface area contributed by atoms with E-state index < -0.39 is 0 Å². The molecule has 22 heavy (non-hydrogen) atoms. The molecule has 2 aromatic carbocycles. The summed E-state index contributed by atoms with van der Waals surface area (Å²) < 4.78 is 7.54. The van der Waals surface area contributed by atoms with Crippen molar-refractivity contribution < 1.29 is 4.74 Å². The third-order valence-electron chi connectivity index (χ3n) is 3.97. The molecule has 0 radical (unpaired) electrons. The Morgan fingerprint density at radius 2 is 1.95 bits per heavy atom. The van der Waals surface area contributed by atoms with Crippen molar-refractivity contribution in [2.24, 2.45) is 0 Å². The van der Waals surface area contributed by atoms with Gasteiger partial charge in [0.25, 0.3) is 0 Å². The zero-order chi connectivity index (χ0) is 15.4. The van der Waals surface area contributed by atoms with E-state index in [0.717, 1.165) is 29.6 Å². The van der Waals surface area contributed by atoms with Crippen LogP contribution in [0.1, 0.15) is 18.0 Å². The number of benzene rings is 2. The summed E-state index contributed by atoms with van der Waals surface area (Å²) >= 11 is 0. The molecule has 1 aromatic heterocycles. The molecule has 3 rings (SSSR count). The van der Waals surface area contributed by atoms with Gasteiger partial charge in [0.2, 0.25) is 0 Å². The average Bonchev–Trinajstić information content (AvgIpc) is 3.00. The summed E-state index contributed by atoms with van der Waals surface area (Å²) in [7, 11) is 3.67. The van der Waals surface area contributed by atoms with Crippen molar-refractivity contribution in [2.45, 2.75) is 12.5 Å². The van der Waals surface area contributed by atoms with Crippen molar-refractivity contribution in [3.63, 3.8) is 0 Å². The fourth-order valence-corrected chi connectivity index (χ4v) is 2.86. The van der Waals surface area contributed by atoms with Gasteiger partial charge in [-0.25, -0.2) is 0 Å². The van der Waals surface area contributed by atoms with E-state index in [1.165, 1.54) is 5.56 Å². The molecule has 0 aliphatic rings. The van der Waals surface area contributed by atoms with Crippen LogP contribution in [0.5, 0.6) is 5.75 Å². The van der Waals surface area contributed by atoms with Gasteiger partial charge in [0, 0.05) is 0 Å². The molecule has 0 aliphatic heterocycles. The monoisotopic (exact) mass is 295 g/mol. The standard InChI is InChI=1S/C18H21N3O/c1-19-12-11-16(14-7-4-3-5-8-14)21-17-9-6-10-18(22-2)15(17)13-20-21/h3-10,13,16,19H,11-12H2,1-2H3. The average molecular weight is 295 g/mol. The van der Waals surface area contributed by atoms with Gasteiger partial charge in [0.1, 0.15) is 5.75 Å². The predicted molar refractivity (Wildman–Crippen MR) is 89.4 cm³/mol. The summed E-state index contributed by atoms with van der Waals surface area (Å²) in [5.41, 5.74) is 2.37. The highest BCUT2D eigenvalue weighted by Gasteiger charge is 2.17. The lowest BCUT2D eigenvalue weighted by atomic mass is 10.0. The summed E-state index contributed by atoms with van der Waals surface area (Å²) in [5, 5.41) is 8.93. The molecule has 1 unspecified atom stereocenters. The van der Waals surface area contributed by atoms with E-state index in [1.807, 2.05) is 31.4 Å².